The predicted octanol–water partition coefficient (Wildman–Crippen LogP) is 2.96. The van der Waals surface area contributed by atoms with Gasteiger partial charge in [-0.05, 0) is 55.3 Å². The first-order valence-corrected chi connectivity index (χ1v) is 7.04. The maximum absolute atomic E-state index is 11.9. The molecule has 1 aromatic heterocycles. The lowest BCUT2D eigenvalue weighted by Crippen LogP contribution is -2.34. The van der Waals surface area contributed by atoms with Crippen molar-refractivity contribution in [3.05, 3.63) is 28.5 Å². The van der Waals surface area contributed by atoms with Gasteiger partial charge in [0.05, 0.1) is 15.7 Å². The van der Waals surface area contributed by atoms with Gasteiger partial charge in [0.15, 0.2) is 0 Å². The molecule has 3 nitrogen and oxygen atoms in total. The van der Waals surface area contributed by atoms with Crippen LogP contribution in [0.3, 0.4) is 0 Å². The number of hydrogen-bond acceptors (Lipinski definition) is 2. The molecule has 0 aliphatic heterocycles. The lowest BCUT2D eigenvalue weighted by atomic mass is 10.2. The summed E-state index contributed by atoms with van der Waals surface area (Å²) in [7, 11) is -1.06. The zero-order valence-corrected chi connectivity index (χ0v) is 12.4. The van der Waals surface area contributed by atoms with Gasteiger partial charge in [-0.25, -0.2) is 13.9 Å². The van der Waals surface area contributed by atoms with Crippen molar-refractivity contribution in [1.29, 1.82) is 0 Å². The lowest BCUT2D eigenvalue weighted by Gasteiger charge is -2.21. The Bertz CT molecular complexity index is 373. The van der Waals surface area contributed by atoms with Crippen molar-refractivity contribution in [1.82, 2.24) is 9.71 Å². The van der Waals surface area contributed by atoms with E-state index in [0.717, 1.165) is 10.2 Å². The molecule has 0 aliphatic rings. The van der Waals surface area contributed by atoms with Crippen LogP contribution in [-0.4, -0.2) is 13.9 Å². The van der Waals surface area contributed by atoms with Crippen molar-refractivity contribution in [3.8, 4) is 0 Å². The van der Waals surface area contributed by atoms with Gasteiger partial charge in [-0.1, -0.05) is 6.07 Å². The summed E-state index contributed by atoms with van der Waals surface area (Å²) < 4.78 is 15.5. The number of halogens is 1. The normalized spacial score (nSPS) is 15.8. The highest BCUT2D eigenvalue weighted by atomic mass is 79.9. The van der Waals surface area contributed by atoms with Gasteiger partial charge < -0.3 is 0 Å². The smallest absolute Gasteiger partial charge is 0.106 e. The Hall–Kier alpha value is -0.260. The highest BCUT2D eigenvalue weighted by molar-refractivity contribution is 9.10. The zero-order valence-electron chi connectivity index (χ0n) is 9.95. The Morgan fingerprint density at radius 2 is 2.06 bits per heavy atom. The first kappa shape index (κ1) is 13.8. The molecule has 5 heteroatoms. The summed E-state index contributed by atoms with van der Waals surface area (Å²) in [6.45, 7) is 7.82. The van der Waals surface area contributed by atoms with E-state index in [0.29, 0.717) is 0 Å². The van der Waals surface area contributed by atoms with E-state index in [1.54, 1.807) is 6.20 Å². The Labute approximate surface area is 108 Å². The molecular weight excluding hydrogens is 288 g/mol. The maximum atomic E-state index is 11.9. The van der Waals surface area contributed by atoms with E-state index in [1.807, 2.05) is 39.8 Å². The van der Waals surface area contributed by atoms with Crippen molar-refractivity contribution in [3.63, 3.8) is 0 Å². The molecule has 0 aliphatic carbocycles. The SMILES string of the molecule is C[C@H](N[S@@](=O)C(C)(C)C)c1ccc(Br)nc1. The largest absolute Gasteiger partial charge is 0.249 e. The molecule has 0 spiro atoms. The molecule has 0 radical (unpaired) electrons. The number of hydrogen-bond donors (Lipinski definition) is 1. The van der Waals surface area contributed by atoms with Crippen LogP contribution in [0.4, 0.5) is 0 Å². The fourth-order valence-corrected chi connectivity index (χ4v) is 2.09. The molecular formula is C11H17BrN2OS. The van der Waals surface area contributed by atoms with Gasteiger partial charge in [0.1, 0.15) is 4.60 Å². The Balaban J connectivity index is 2.69. The summed E-state index contributed by atoms with van der Waals surface area (Å²) in [6, 6.07) is 3.88. The average molecular weight is 305 g/mol. The fourth-order valence-electron chi connectivity index (χ4n) is 1.05. The van der Waals surface area contributed by atoms with Gasteiger partial charge in [0.2, 0.25) is 0 Å². The first-order chi connectivity index (χ1) is 7.30. The third-order valence-corrected chi connectivity index (χ3v) is 4.24. The fraction of sp³-hybridized carbons (Fsp3) is 0.545. The van der Waals surface area contributed by atoms with Crippen LogP contribution >= 0.6 is 15.9 Å². The lowest BCUT2D eigenvalue weighted by molar-refractivity contribution is 0.615. The molecule has 0 saturated carbocycles. The number of nitrogens with one attached hydrogen (secondary N) is 1. The van der Waals surface area contributed by atoms with Crippen molar-refractivity contribution in [2.75, 3.05) is 0 Å². The van der Waals surface area contributed by atoms with Crippen LogP contribution in [0.1, 0.15) is 39.3 Å². The van der Waals surface area contributed by atoms with Gasteiger partial charge >= 0.3 is 0 Å². The topological polar surface area (TPSA) is 42.0 Å². The van der Waals surface area contributed by atoms with E-state index >= 15 is 0 Å². The van der Waals surface area contributed by atoms with E-state index < -0.39 is 11.0 Å². The van der Waals surface area contributed by atoms with Gasteiger partial charge in [-0.2, -0.15) is 0 Å². The van der Waals surface area contributed by atoms with Crippen LogP contribution in [-0.2, 0) is 11.0 Å². The van der Waals surface area contributed by atoms with Gasteiger partial charge in [0, 0.05) is 12.2 Å². The van der Waals surface area contributed by atoms with Gasteiger partial charge in [-0.15, -0.1) is 0 Å². The van der Waals surface area contributed by atoms with E-state index in [4.69, 9.17) is 0 Å². The van der Waals surface area contributed by atoms with Gasteiger partial charge in [0.25, 0.3) is 0 Å². The Morgan fingerprint density at radius 3 is 2.50 bits per heavy atom. The monoisotopic (exact) mass is 304 g/mol. The van der Waals surface area contributed by atoms with Gasteiger partial charge in [-0.3, -0.25) is 0 Å². The summed E-state index contributed by atoms with van der Waals surface area (Å²) >= 11 is 3.29. The summed E-state index contributed by atoms with van der Waals surface area (Å²) in [5.74, 6) is 0. The molecule has 1 aromatic rings. The molecule has 0 fully saturated rings. The van der Waals surface area contributed by atoms with Crippen LogP contribution in [0.2, 0.25) is 0 Å². The molecule has 0 aromatic carbocycles. The van der Waals surface area contributed by atoms with Crippen LogP contribution < -0.4 is 4.72 Å². The Morgan fingerprint density at radius 1 is 1.44 bits per heavy atom. The van der Waals surface area contributed by atoms with Crippen LogP contribution in [0, 0.1) is 0 Å². The molecule has 1 rings (SSSR count). The first-order valence-electron chi connectivity index (χ1n) is 5.10. The summed E-state index contributed by atoms with van der Waals surface area (Å²) in [5.41, 5.74) is 1.03. The number of pyridine rings is 1. The summed E-state index contributed by atoms with van der Waals surface area (Å²) in [4.78, 5) is 4.15. The van der Waals surface area contributed by atoms with Crippen LogP contribution in [0.5, 0.6) is 0 Å². The predicted molar refractivity (Wildman–Crippen MR) is 71.4 cm³/mol. The summed E-state index contributed by atoms with van der Waals surface area (Å²) in [5, 5.41) is 0. The highest BCUT2D eigenvalue weighted by Gasteiger charge is 2.21. The molecule has 90 valence electrons. The van der Waals surface area contributed by atoms with Crippen molar-refractivity contribution >= 4 is 26.9 Å². The maximum Gasteiger partial charge on any atom is 0.106 e. The average Bonchev–Trinajstić information content (AvgIpc) is 2.17. The van der Waals surface area contributed by atoms with E-state index in [2.05, 4.69) is 25.6 Å². The number of rotatable bonds is 3. The van der Waals surface area contributed by atoms with Crippen molar-refractivity contribution < 1.29 is 4.21 Å². The third kappa shape index (κ3) is 3.96. The van der Waals surface area contributed by atoms with E-state index in [-0.39, 0.29) is 10.8 Å². The number of nitrogens with zero attached hydrogens (tertiary/aromatic N) is 1. The minimum Gasteiger partial charge on any atom is -0.249 e. The minimum absolute atomic E-state index is 0.0284. The summed E-state index contributed by atoms with van der Waals surface area (Å²) in [6.07, 6.45) is 1.78. The molecule has 2 atom stereocenters. The molecule has 1 heterocycles. The van der Waals surface area contributed by atoms with Crippen molar-refractivity contribution in [2.45, 2.75) is 38.5 Å². The second-order valence-electron chi connectivity index (χ2n) is 4.63. The van der Waals surface area contributed by atoms with E-state index in [1.165, 1.54) is 0 Å². The second-order valence-corrected chi connectivity index (χ2v) is 7.45. The molecule has 0 amide bonds. The third-order valence-electron chi connectivity index (χ3n) is 2.09. The standard InChI is InChI=1S/C11H17BrN2OS/c1-8(14-16(15)11(2,3)4)9-5-6-10(12)13-7-9/h5-8,14H,1-4H3/t8-,16-/m0/s1. The van der Waals surface area contributed by atoms with E-state index in [9.17, 15) is 4.21 Å². The second kappa shape index (κ2) is 5.38. The molecule has 0 saturated heterocycles. The van der Waals surface area contributed by atoms with Crippen LogP contribution in [0.25, 0.3) is 0 Å². The molecule has 0 unspecified atom stereocenters. The Kier molecular flexibility index (Phi) is 4.64. The minimum atomic E-state index is -1.06. The molecule has 16 heavy (non-hydrogen) atoms. The molecule has 1 N–H and O–H groups in total. The van der Waals surface area contributed by atoms with Crippen molar-refractivity contribution in [2.24, 2.45) is 0 Å². The highest BCUT2D eigenvalue weighted by Crippen LogP contribution is 2.17. The number of aromatic nitrogens is 1. The zero-order chi connectivity index (χ0) is 12.3. The quantitative estimate of drug-likeness (QED) is 0.872. The molecule has 0 bridgehead atoms. The van der Waals surface area contributed by atoms with Crippen LogP contribution in [0.15, 0.2) is 22.9 Å².